The molecule has 0 aliphatic carbocycles. The summed E-state index contributed by atoms with van der Waals surface area (Å²) in [6, 6.07) is 9.85. The van der Waals surface area contributed by atoms with Crippen molar-refractivity contribution in [3.8, 4) is 11.3 Å². The Bertz CT molecular complexity index is 868. The van der Waals surface area contributed by atoms with Crippen LogP contribution in [-0.4, -0.2) is 58.4 Å². The van der Waals surface area contributed by atoms with Crippen LogP contribution in [0.2, 0.25) is 0 Å². The number of nitrogens with zero attached hydrogens (tertiary/aromatic N) is 2. The smallest absolute Gasteiger partial charge is 0.308 e. The predicted octanol–water partition coefficient (Wildman–Crippen LogP) is 2.59. The second-order valence-corrected chi connectivity index (χ2v) is 7.77. The van der Waals surface area contributed by atoms with Gasteiger partial charge in [-0.15, -0.1) is 0 Å². The van der Waals surface area contributed by atoms with Crippen LogP contribution in [-0.2, 0) is 16.0 Å². The van der Waals surface area contributed by atoms with Crippen molar-refractivity contribution in [3.63, 3.8) is 0 Å². The van der Waals surface area contributed by atoms with Gasteiger partial charge in [0.15, 0.2) is 0 Å². The van der Waals surface area contributed by atoms with E-state index >= 15 is 0 Å². The van der Waals surface area contributed by atoms with Crippen molar-refractivity contribution >= 4 is 11.9 Å². The highest BCUT2D eigenvalue weighted by Gasteiger charge is 2.52. The number of rotatable bonds is 4. The first-order valence-corrected chi connectivity index (χ1v) is 9.77. The number of amides is 1. The average Bonchev–Trinajstić information content (AvgIpc) is 3.34. The van der Waals surface area contributed by atoms with Crippen LogP contribution < -0.4 is 0 Å². The monoisotopic (exact) mass is 383 g/mol. The summed E-state index contributed by atoms with van der Waals surface area (Å²) < 4.78 is 5.42. The Balaban J connectivity index is 1.53. The van der Waals surface area contributed by atoms with E-state index in [0.29, 0.717) is 44.0 Å². The van der Waals surface area contributed by atoms with Crippen LogP contribution in [0.4, 0.5) is 0 Å². The molecule has 1 spiro atoms. The molecule has 0 radical (unpaired) electrons. The van der Waals surface area contributed by atoms with Gasteiger partial charge in [-0.25, -0.2) is 0 Å². The van der Waals surface area contributed by atoms with Gasteiger partial charge in [0.2, 0.25) is 0 Å². The number of likely N-dealkylation sites (tertiary alicyclic amines) is 1. The van der Waals surface area contributed by atoms with E-state index in [0.717, 1.165) is 12.0 Å². The number of carbonyl (C=O) groups excluding carboxylic acids is 1. The van der Waals surface area contributed by atoms with Crippen molar-refractivity contribution in [3.05, 3.63) is 41.6 Å². The number of carboxylic acid groups (broad SMARTS) is 1. The van der Waals surface area contributed by atoms with Gasteiger partial charge >= 0.3 is 5.97 Å². The third-order valence-corrected chi connectivity index (χ3v) is 6.19. The number of aliphatic carboxylic acids is 1. The Morgan fingerprint density at radius 2 is 2.00 bits per heavy atom. The number of aryl methyl sites for hydroxylation is 1. The summed E-state index contributed by atoms with van der Waals surface area (Å²) in [6.45, 7) is 3.88. The lowest BCUT2D eigenvalue weighted by Crippen LogP contribution is -2.40. The zero-order chi connectivity index (χ0) is 19.7. The van der Waals surface area contributed by atoms with Gasteiger partial charge in [0.1, 0.15) is 5.69 Å². The van der Waals surface area contributed by atoms with E-state index in [-0.39, 0.29) is 12.5 Å². The van der Waals surface area contributed by atoms with Crippen LogP contribution in [0.1, 0.15) is 35.8 Å². The normalized spacial score (nSPS) is 21.2. The molecule has 2 fully saturated rings. The van der Waals surface area contributed by atoms with E-state index in [1.54, 1.807) is 11.0 Å². The molecule has 7 nitrogen and oxygen atoms in total. The van der Waals surface area contributed by atoms with Gasteiger partial charge in [-0.05, 0) is 30.9 Å². The first kappa shape index (κ1) is 18.7. The third kappa shape index (κ3) is 3.30. The van der Waals surface area contributed by atoms with Crippen molar-refractivity contribution in [1.82, 2.24) is 15.1 Å². The van der Waals surface area contributed by atoms with Crippen molar-refractivity contribution in [1.29, 1.82) is 0 Å². The number of ether oxygens (including phenoxy) is 1. The number of aromatic amines is 1. The van der Waals surface area contributed by atoms with Crippen LogP contribution in [0.5, 0.6) is 0 Å². The maximum atomic E-state index is 13.0. The SMILES string of the molecule is CCc1ccc(-c2cc(C(=O)N3CC(C(=O)O)C4(CCOCC4)C3)[nH]n2)cc1. The lowest BCUT2D eigenvalue weighted by molar-refractivity contribution is -0.146. The molecule has 2 aromatic rings. The second kappa shape index (κ2) is 7.39. The van der Waals surface area contributed by atoms with Crippen LogP contribution in [0.3, 0.4) is 0 Å². The summed E-state index contributed by atoms with van der Waals surface area (Å²) in [5.74, 6) is -1.58. The fourth-order valence-corrected chi connectivity index (χ4v) is 4.41. The summed E-state index contributed by atoms with van der Waals surface area (Å²) >= 11 is 0. The molecular weight excluding hydrogens is 358 g/mol. The summed E-state index contributed by atoms with van der Waals surface area (Å²) in [5, 5.41) is 16.8. The van der Waals surface area contributed by atoms with Gasteiger partial charge in [-0.2, -0.15) is 5.10 Å². The van der Waals surface area contributed by atoms with Gasteiger partial charge in [-0.1, -0.05) is 31.2 Å². The topological polar surface area (TPSA) is 95.5 Å². The maximum absolute atomic E-state index is 13.0. The summed E-state index contributed by atoms with van der Waals surface area (Å²) in [7, 11) is 0. The molecule has 7 heteroatoms. The Labute approximate surface area is 163 Å². The molecule has 1 aromatic carbocycles. The quantitative estimate of drug-likeness (QED) is 0.846. The molecule has 1 atom stereocenters. The number of hydrogen-bond donors (Lipinski definition) is 2. The zero-order valence-corrected chi connectivity index (χ0v) is 16.0. The van der Waals surface area contributed by atoms with Crippen molar-refractivity contribution in [2.75, 3.05) is 26.3 Å². The Morgan fingerprint density at radius 1 is 1.29 bits per heavy atom. The fraction of sp³-hybridized carbons (Fsp3) is 0.476. The summed E-state index contributed by atoms with van der Waals surface area (Å²) in [6.07, 6.45) is 2.31. The van der Waals surface area contributed by atoms with Crippen LogP contribution >= 0.6 is 0 Å². The van der Waals surface area contributed by atoms with Crippen molar-refractivity contribution in [2.45, 2.75) is 26.2 Å². The molecule has 3 heterocycles. The lowest BCUT2D eigenvalue weighted by atomic mass is 9.72. The minimum atomic E-state index is -0.835. The van der Waals surface area contributed by atoms with Gasteiger partial charge in [0.25, 0.3) is 5.91 Å². The highest BCUT2D eigenvalue weighted by molar-refractivity contribution is 5.94. The molecule has 2 aliphatic heterocycles. The second-order valence-electron chi connectivity index (χ2n) is 7.77. The van der Waals surface area contributed by atoms with Crippen LogP contribution in [0.25, 0.3) is 11.3 Å². The molecule has 2 N–H and O–H groups in total. The molecule has 1 unspecified atom stereocenters. The molecule has 4 rings (SSSR count). The van der Waals surface area contributed by atoms with Crippen molar-refractivity contribution in [2.24, 2.45) is 11.3 Å². The molecular formula is C21H25N3O4. The number of nitrogens with one attached hydrogen (secondary N) is 1. The number of H-pyrrole nitrogens is 1. The van der Waals surface area contributed by atoms with Gasteiger partial charge in [-0.3, -0.25) is 14.7 Å². The molecule has 2 saturated heterocycles. The molecule has 28 heavy (non-hydrogen) atoms. The van der Waals surface area contributed by atoms with E-state index in [1.165, 1.54) is 5.56 Å². The lowest BCUT2D eigenvalue weighted by Gasteiger charge is -2.36. The number of carboxylic acids is 1. The largest absolute Gasteiger partial charge is 0.481 e. The minimum absolute atomic E-state index is 0.196. The molecule has 0 bridgehead atoms. The Hall–Kier alpha value is -2.67. The van der Waals surface area contributed by atoms with Gasteiger partial charge in [0.05, 0.1) is 11.6 Å². The number of carbonyl (C=O) groups is 2. The first-order valence-electron chi connectivity index (χ1n) is 9.77. The van der Waals surface area contributed by atoms with Gasteiger partial charge < -0.3 is 14.7 Å². The molecule has 1 aromatic heterocycles. The third-order valence-electron chi connectivity index (χ3n) is 6.19. The zero-order valence-electron chi connectivity index (χ0n) is 16.0. The van der Waals surface area contributed by atoms with E-state index in [9.17, 15) is 14.7 Å². The number of hydrogen-bond acceptors (Lipinski definition) is 4. The summed E-state index contributed by atoms with van der Waals surface area (Å²) in [5.41, 5.74) is 2.90. The van der Waals surface area contributed by atoms with E-state index in [1.807, 2.05) is 12.1 Å². The van der Waals surface area contributed by atoms with Crippen molar-refractivity contribution < 1.29 is 19.4 Å². The maximum Gasteiger partial charge on any atom is 0.308 e. The Kier molecular flexibility index (Phi) is 4.93. The minimum Gasteiger partial charge on any atom is -0.481 e. The van der Waals surface area contributed by atoms with E-state index in [4.69, 9.17) is 4.74 Å². The molecule has 0 saturated carbocycles. The molecule has 2 aliphatic rings. The predicted molar refractivity (Wildman–Crippen MR) is 103 cm³/mol. The highest BCUT2D eigenvalue weighted by atomic mass is 16.5. The highest BCUT2D eigenvalue weighted by Crippen LogP contribution is 2.44. The number of benzene rings is 1. The first-order chi connectivity index (χ1) is 13.5. The Morgan fingerprint density at radius 3 is 2.64 bits per heavy atom. The number of aromatic nitrogens is 2. The standard InChI is InChI=1S/C21H25N3O4/c1-2-14-3-5-15(6-4-14)17-11-18(23-22-17)19(25)24-12-16(20(26)27)21(13-24)7-9-28-10-8-21/h3-6,11,16H,2,7-10,12-13H2,1H3,(H,22,23)(H,26,27). The average molecular weight is 383 g/mol. The van der Waals surface area contributed by atoms with Gasteiger partial charge in [0, 0.05) is 37.3 Å². The molecule has 1 amide bonds. The van der Waals surface area contributed by atoms with E-state index in [2.05, 4.69) is 29.3 Å². The van der Waals surface area contributed by atoms with E-state index < -0.39 is 17.3 Å². The summed E-state index contributed by atoms with van der Waals surface area (Å²) in [4.78, 5) is 26.5. The van der Waals surface area contributed by atoms with Crippen LogP contribution in [0, 0.1) is 11.3 Å². The molecule has 148 valence electrons. The fourth-order valence-electron chi connectivity index (χ4n) is 4.41. The van der Waals surface area contributed by atoms with Crippen LogP contribution in [0.15, 0.2) is 30.3 Å².